The highest BCUT2D eigenvalue weighted by Gasteiger charge is 2.19. The topological polar surface area (TPSA) is 78.9 Å². The lowest BCUT2D eigenvalue weighted by molar-refractivity contribution is -0.167. The Balaban J connectivity index is 4.45. The zero-order valence-electron chi connectivity index (χ0n) is 37.3. The van der Waals surface area contributed by atoms with Gasteiger partial charge in [0.2, 0.25) is 0 Å². The lowest BCUT2D eigenvalue weighted by atomic mass is 10.1. The van der Waals surface area contributed by atoms with Crippen molar-refractivity contribution < 1.29 is 28.6 Å². The van der Waals surface area contributed by atoms with Crippen LogP contribution >= 0.6 is 0 Å². The second-order valence-electron chi connectivity index (χ2n) is 15.0. The molecule has 0 saturated heterocycles. The maximum atomic E-state index is 12.7. The Morgan fingerprint density at radius 2 is 0.776 bits per heavy atom. The van der Waals surface area contributed by atoms with Crippen molar-refractivity contribution >= 4 is 17.9 Å². The molecule has 0 heterocycles. The summed E-state index contributed by atoms with van der Waals surface area (Å²) in [5, 5.41) is 0. The van der Waals surface area contributed by atoms with Gasteiger partial charge in [-0.1, -0.05) is 189 Å². The lowest BCUT2D eigenvalue weighted by Crippen LogP contribution is -2.30. The summed E-state index contributed by atoms with van der Waals surface area (Å²) in [6.07, 6.45) is 59.6. The van der Waals surface area contributed by atoms with Crippen LogP contribution in [0.25, 0.3) is 0 Å². The van der Waals surface area contributed by atoms with Crippen LogP contribution in [0.5, 0.6) is 0 Å². The molecule has 0 saturated carbocycles. The van der Waals surface area contributed by atoms with Gasteiger partial charge >= 0.3 is 17.9 Å². The fourth-order valence-corrected chi connectivity index (χ4v) is 5.90. The van der Waals surface area contributed by atoms with Crippen molar-refractivity contribution in [3.8, 4) is 0 Å². The first kappa shape index (κ1) is 54.3. The van der Waals surface area contributed by atoms with Crippen LogP contribution in [0.1, 0.15) is 194 Å². The lowest BCUT2D eigenvalue weighted by Gasteiger charge is -2.18. The van der Waals surface area contributed by atoms with Crippen LogP contribution in [0.2, 0.25) is 0 Å². The molecule has 6 nitrogen and oxygen atoms in total. The maximum Gasteiger partial charge on any atom is 0.306 e. The third-order valence-corrected chi connectivity index (χ3v) is 9.40. The number of carbonyl (C=O) groups excluding carboxylic acids is 3. The Kier molecular flexibility index (Phi) is 43.1. The Morgan fingerprint density at radius 1 is 0.379 bits per heavy atom. The first-order valence-electron chi connectivity index (χ1n) is 23.3. The van der Waals surface area contributed by atoms with Gasteiger partial charge < -0.3 is 14.2 Å². The number of unbranched alkanes of at least 4 members (excludes halogenated alkanes) is 17. The van der Waals surface area contributed by atoms with Gasteiger partial charge in [0.05, 0.1) is 0 Å². The van der Waals surface area contributed by atoms with E-state index in [1.807, 2.05) is 36.5 Å². The minimum atomic E-state index is -0.799. The van der Waals surface area contributed by atoms with E-state index in [2.05, 4.69) is 81.5 Å². The number of ether oxygens (including phenoxy) is 3. The molecule has 0 aromatic heterocycles. The van der Waals surface area contributed by atoms with Crippen molar-refractivity contribution in [1.29, 1.82) is 0 Å². The standard InChI is InChI=1S/C52H84O6/c1-4-7-10-13-16-19-22-24-25-26-27-28-29-31-33-36-39-42-45-51(54)57-48-49(47-56-50(53)44-41-38-35-32-21-18-15-12-9-6-3)58-52(55)46-43-40-37-34-30-23-20-17-14-11-8-5-2/h8,10-11,13,15-20,22,24-28,49H,4-7,9,12,14,21,23,29-48H2,1-3H3/b11-8-,13-10-,18-15-,19-16-,20-17-,24-22-,26-25-,28-27-. The van der Waals surface area contributed by atoms with Gasteiger partial charge in [-0.2, -0.15) is 0 Å². The summed E-state index contributed by atoms with van der Waals surface area (Å²) in [7, 11) is 0. The van der Waals surface area contributed by atoms with Crippen LogP contribution in [0.3, 0.4) is 0 Å². The number of allylic oxidation sites excluding steroid dienone is 16. The minimum absolute atomic E-state index is 0.0997. The predicted octanol–water partition coefficient (Wildman–Crippen LogP) is 15.0. The second-order valence-corrected chi connectivity index (χ2v) is 15.0. The highest BCUT2D eigenvalue weighted by Crippen LogP contribution is 2.12. The summed E-state index contributed by atoms with van der Waals surface area (Å²) in [5.41, 5.74) is 0. The molecule has 0 aliphatic heterocycles. The molecule has 0 fully saturated rings. The predicted molar refractivity (Wildman–Crippen MR) is 247 cm³/mol. The fraction of sp³-hybridized carbons (Fsp3) is 0.635. The Hall–Kier alpha value is -3.67. The van der Waals surface area contributed by atoms with E-state index < -0.39 is 6.10 Å². The third kappa shape index (κ3) is 43.5. The van der Waals surface area contributed by atoms with Crippen LogP contribution in [0.4, 0.5) is 0 Å². The van der Waals surface area contributed by atoms with E-state index in [1.54, 1.807) is 0 Å². The smallest absolute Gasteiger partial charge is 0.306 e. The molecular formula is C52H84O6. The summed E-state index contributed by atoms with van der Waals surface area (Å²) >= 11 is 0. The molecular weight excluding hydrogens is 721 g/mol. The largest absolute Gasteiger partial charge is 0.462 e. The molecule has 0 spiro atoms. The number of carbonyl (C=O) groups is 3. The quantitative estimate of drug-likeness (QED) is 0.0202. The number of rotatable bonds is 40. The van der Waals surface area contributed by atoms with Gasteiger partial charge in [0, 0.05) is 19.3 Å². The van der Waals surface area contributed by atoms with E-state index in [0.717, 1.165) is 135 Å². The van der Waals surface area contributed by atoms with Crippen LogP contribution in [0.15, 0.2) is 97.2 Å². The maximum absolute atomic E-state index is 12.7. The van der Waals surface area contributed by atoms with Gasteiger partial charge in [0.15, 0.2) is 6.10 Å². The minimum Gasteiger partial charge on any atom is -0.462 e. The normalized spacial score (nSPS) is 12.9. The van der Waals surface area contributed by atoms with Crippen molar-refractivity contribution in [2.45, 2.75) is 200 Å². The van der Waals surface area contributed by atoms with E-state index in [1.165, 1.54) is 19.3 Å². The number of esters is 3. The molecule has 0 bridgehead atoms. The van der Waals surface area contributed by atoms with E-state index in [-0.39, 0.29) is 31.1 Å². The Labute approximate surface area is 356 Å². The van der Waals surface area contributed by atoms with Crippen molar-refractivity contribution in [3.05, 3.63) is 97.2 Å². The third-order valence-electron chi connectivity index (χ3n) is 9.40. The van der Waals surface area contributed by atoms with E-state index >= 15 is 0 Å². The molecule has 0 aliphatic rings. The molecule has 1 unspecified atom stereocenters. The summed E-state index contributed by atoms with van der Waals surface area (Å²) < 4.78 is 16.7. The zero-order valence-corrected chi connectivity index (χ0v) is 37.3. The molecule has 0 aromatic rings. The summed E-state index contributed by atoms with van der Waals surface area (Å²) in [4.78, 5) is 37.8. The molecule has 0 rings (SSSR count). The van der Waals surface area contributed by atoms with Gasteiger partial charge in [0.1, 0.15) is 13.2 Å². The monoisotopic (exact) mass is 805 g/mol. The second kappa shape index (κ2) is 46.0. The molecule has 6 heteroatoms. The summed E-state index contributed by atoms with van der Waals surface area (Å²) in [5.74, 6) is -0.963. The Bertz CT molecular complexity index is 1200. The summed E-state index contributed by atoms with van der Waals surface area (Å²) in [6.45, 7) is 6.32. The van der Waals surface area contributed by atoms with E-state index in [9.17, 15) is 14.4 Å². The molecule has 0 aliphatic carbocycles. The molecule has 0 radical (unpaired) electrons. The molecule has 58 heavy (non-hydrogen) atoms. The van der Waals surface area contributed by atoms with Crippen LogP contribution in [-0.2, 0) is 28.6 Å². The van der Waals surface area contributed by atoms with Gasteiger partial charge in [-0.25, -0.2) is 0 Å². The van der Waals surface area contributed by atoms with Gasteiger partial charge in [-0.15, -0.1) is 0 Å². The van der Waals surface area contributed by atoms with Crippen molar-refractivity contribution in [2.24, 2.45) is 0 Å². The number of hydrogen-bond donors (Lipinski definition) is 0. The Morgan fingerprint density at radius 3 is 1.28 bits per heavy atom. The average molecular weight is 805 g/mol. The first-order chi connectivity index (χ1) is 28.5. The van der Waals surface area contributed by atoms with Gasteiger partial charge in [-0.05, 0) is 83.5 Å². The van der Waals surface area contributed by atoms with Crippen molar-refractivity contribution in [1.82, 2.24) is 0 Å². The highest BCUT2D eigenvalue weighted by molar-refractivity contribution is 5.71. The average Bonchev–Trinajstić information content (AvgIpc) is 3.22. The zero-order chi connectivity index (χ0) is 42.3. The molecule has 1 atom stereocenters. The molecule has 0 amide bonds. The van der Waals surface area contributed by atoms with Crippen molar-refractivity contribution in [3.63, 3.8) is 0 Å². The van der Waals surface area contributed by atoms with Gasteiger partial charge in [-0.3, -0.25) is 14.4 Å². The van der Waals surface area contributed by atoms with E-state index in [4.69, 9.17) is 14.2 Å². The molecule has 0 aromatic carbocycles. The summed E-state index contributed by atoms with van der Waals surface area (Å²) in [6, 6.07) is 0. The van der Waals surface area contributed by atoms with E-state index in [0.29, 0.717) is 19.3 Å². The first-order valence-corrected chi connectivity index (χ1v) is 23.3. The molecule has 0 N–H and O–H groups in total. The van der Waals surface area contributed by atoms with Gasteiger partial charge in [0.25, 0.3) is 0 Å². The van der Waals surface area contributed by atoms with Crippen LogP contribution in [0, 0.1) is 0 Å². The van der Waals surface area contributed by atoms with Crippen LogP contribution < -0.4 is 0 Å². The highest BCUT2D eigenvalue weighted by atomic mass is 16.6. The SMILES string of the molecule is CC/C=C\C/C=C\CCCCCCCC(=O)OC(COC(=O)CCCCCC/C=C\CCCC)COC(=O)CCCCCCC\C=C/C=C\C=C/C=C\C=C/CCC. The molecule has 328 valence electrons. The number of hydrogen-bond acceptors (Lipinski definition) is 6. The fourth-order valence-electron chi connectivity index (χ4n) is 5.90. The van der Waals surface area contributed by atoms with Crippen LogP contribution in [-0.4, -0.2) is 37.2 Å². The van der Waals surface area contributed by atoms with Crippen molar-refractivity contribution in [2.75, 3.05) is 13.2 Å².